The molecule has 0 unspecified atom stereocenters. The van der Waals surface area contributed by atoms with Crippen molar-refractivity contribution in [2.45, 2.75) is 32.6 Å². The number of rotatable bonds is 4. The monoisotopic (exact) mass is 260 g/mol. The maximum atomic E-state index is 12.2. The Morgan fingerprint density at radius 2 is 2.00 bits per heavy atom. The van der Waals surface area contributed by atoms with Crippen molar-refractivity contribution in [1.82, 2.24) is 5.32 Å². The second-order valence-corrected chi connectivity index (χ2v) is 5.47. The summed E-state index contributed by atoms with van der Waals surface area (Å²) >= 11 is 0. The highest BCUT2D eigenvalue weighted by molar-refractivity contribution is 5.93. The number of nitrogens with zero attached hydrogens (tertiary/aromatic N) is 1. The van der Waals surface area contributed by atoms with Crippen LogP contribution in [0.15, 0.2) is 24.3 Å². The Bertz CT molecular complexity index is 425. The number of anilines is 1. The van der Waals surface area contributed by atoms with E-state index in [1.165, 1.54) is 12.8 Å². The van der Waals surface area contributed by atoms with Gasteiger partial charge in [-0.3, -0.25) is 4.79 Å². The largest absolute Gasteiger partial charge is 0.317 e. The Labute approximate surface area is 116 Å². The van der Waals surface area contributed by atoms with E-state index >= 15 is 0 Å². The van der Waals surface area contributed by atoms with Crippen molar-refractivity contribution in [3.63, 3.8) is 0 Å². The van der Waals surface area contributed by atoms with Crippen molar-refractivity contribution in [3.05, 3.63) is 29.8 Å². The van der Waals surface area contributed by atoms with Crippen molar-refractivity contribution >= 4 is 11.6 Å². The van der Waals surface area contributed by atoms with E-state index in [1.807, 2.05) is 38.2 Å². The number of hydrogen-bond acceptors (Lipinski definition) is 2. The molecule has 0 aliphatic carbocycles. The number of benzene rings is 1. The highest BCUT2D eigenvalue weighted by Crippen LogP contribution is 2.22. The first-order chi connectivity index (χ1) is 9.18. The van der Waals surface area contributed by atoms with Crippen LogP contribution in [0.4, 0.5) is 5.69 Å². The molecule has 1 amide bonds. The van der Waals surface area contributed by atoms with Gasteiger partial charge in [0.1, 0.15) is 0 Å². The van der Waals surface area contributed by atoms with Gasteiger partial charge in [-0.25, -0.2) is 0 Å². The quantitative estimate of drug-likeness (QED) is 0.903. The SMILES string of the molecule is Cc1ccccc1N(C)C(=O)CCC1CCNCC1. The number of carbonyl (C=O) groups excluding carboxylic acids is 1. The van der Waals surface area contributed by atoms with Crippen LogP contribution in [0.3, 0.4) is 0 Å². The minimum Gasteiger partial charge on any atom is -0.317 e. The zero-order valence-corrected chi connectivity index (χ0v) is 12.0. The Hall–Kier alpha value is -1.35. The second kappa shape index (κ2) is 6.71. The molecule has 19 heavy (non-hydrogen) atoms. The third-order valence-corrected chi connectivity index (χ3v) is 4.08. The molecule has 1 N–H and O–H groups in total. The summed E-state index contributed by atoms with van der Waals surface area (Å²) in [7, 11) is 1.88. The zero-order chi connectivity index (χ0) is 13.7. The molecule has 0 aromatic heterocycles. The molecule has 0 bridgehead atoms. The van der Waals surface area contributed by atoms with E-state index in [4.69, 9.17) is 0 Å². The van der Waals surface area contributed by atoms with Crippen LogP contribution in [0.2, 0.25) is 0 Å². The van der Waals surface area contributed by atoms with Crippen molar-refractivity contribution in [2.24, 2.45) is 5.92 Å². The molecule has 3 nitrogen and oxygen atoms in total. The summed E-state index contributed by atoms with van der Waals surface area (Å²) in [6, 6.07) is 8.05. The van der Waals surface area contributed by atoms with Gasteiger partial charge < -0.3 is 10.2 Å². The van der Waals surface area contributed by atoms with Crippen LogP contribution in [0, 0.1) is 12.8 Å². The molecule has 1 aromatic carbocycles. The van der Waals surface area contributed by atoms with Crippen molar-refractivity contribution in [2.75, 3.05) is 25.0 Å². The van der Waals surface area contributed by atoms with Gasteiger partial charge in [0.05, 0.1) is 0 Å². The molecular weight excluding hydrogens is 236 g/mol. The lowest BCUT2D eigenvalue weighted by atomic mass is 9.93. The van der Waals surface area contributed by atoms with Crippen LogP contribution in [-0.2, 0) is 4.79 Å². The van der Waals surface area contributed by atoms with E-state index in [1.54, 1.807) is 4.90 Å². The van der Waals surface area contributed by atoms with Crippen LogP contribution in [0.1, 0.15) is 31.2 Å². The Morgan fingerprint density at radius 1 is 1.32 bits per heavy atom. The predicted molar refractivity (Wildman–Crippen MR) is 79.4 cm³/mol. The van der Waals surface area contributed by atoms with E-state index in [9.17, 15) is 4.79 Å². The summed E-state index contributed by atoms with van der Waals surface area (Å²) in [5.41, 5.74) is 2.18. The molecule has 1 heterocycles. The summed E-state index contributed by atoms with van der Waals surface area (Å²) in [5, 5.41) is 3.36. The molecule has 104 valence electrons. The highest BCUT2D eigenvalue weighted by Gasteiger charge is 2.17. The molecule has 3 heteroatoms. The van der Waals surface area contributed by atoms with Crippen LogP contribution in [0.5, 0.6) is 0 Å². The average molecular weight is 260 g/mol. The topological polar surface area (TPSA) is 32.3 Å². The van der Waals surface area contributed by atoms with E-state index in [0.29, 0.717) is 6.42 Å². The number of piperidine rings is 1. The van der Waals surface area contributed by atoms with Gasteiger partial charge in [-0.2, -0.15) is 0 Å². The lowest BCUT2D eigenvalue weighted by Gasteiger charge is -2.24. The minimum absolute atomic E-state index is 0.229. The maximum Gasteiger partial charge on any atom is 0.226 e. The summed E-state index contributed by atoms with van der Waals surface area (Å²) in [6.45, 7) is 4.25. The number of amides is 1. The number of nitrogens with one attached hydrogen (secondary N) is 1. The van der Waals surface area contributed by atoms with E-state index in [2.05, 4.69) is 5.32 Å². The molecule has 0 saturated carbocycles. The Kier molecular flexibility index (Phi) is 4.97. The van der Waals surface area contributed by atoms with Crippen molar-refractivity contribution in [3.8, 4) is 0 Å². The number of aryl methyl sites for hydroxylation is 1. The van der Waals surface area contributed by atoms with Gasteiger partial charge in [-0.15, -0.1) is 0 Å². The standard InChI is InChI=1S/C16H24N2O/c1-13-5-3-4-6-15(13)18(2)16(19)8-7-14-9-11-17-12-10-14/h3-6,14,17H,7-12H2,1-2H3. The first-order valence-corrected chi connectivity index (χ1v) is 7.21. The Morgan fingerprint density at radius 3 is 2.68 bits per heavy atom. The summed E-state index contributed by atoms with van der Waals surface area (Å²) in [6.07, 6.45) is 4.11. The van der Waals surface area contributed by atoms with Crippen LogP contribution in [0.25, 0.3) is 0 Å². The van der Waals surface area contributed by atoms with E-state index in [-0.39, 0.29) is 5.91 Å². The van der Waals surface area contributed by atoms with Gasteiger partial charge in [-0.1, -0.05) is 18.2 Å². The summed E-state index contributed by atoms with van der Waals surface area (Å²) < 4.78 is 0. The fraction of sp³-hybridized carbons (Fsp3) is 0.562. The maximum absolute atomic E-state index is 12.2. The highest BCUT2D eigenvalue weighted by atomic mass is 16.2. The molecule has 1 aliphatic rings. The molecule has 1 fully saturated rings. The van der Waals surface area contributed by atoms with Crippen molar-refractivity contribution < 1.29 is 4.79 Å². The summed E-state index contributed by atoms with van der Waals surface area (Å²) in [4.78, 5) is 14.1. The lowest BCUT2D eigenvalue weighted by molar-refractivity contribution is -0.118. The third kappa shape index (κ3) is 3.80. The molecule has 2 rings (SSSR count). The fourth-order valence-corrected chi connectivity index (χ4v) is 2.74. The van der Waals surface area contributed by atoms with E-state index < -0.39 is 0 Å². The minimum atomic E-state index is 0.229. The first kappa shape index (κ1) is 14.1. The van der Waals surface area contributed by atoms with Gasteiger partial charge in [0, 0.05) is 19.2 Å². The molecule has 1 aliphatic heterocycles. The third-order valence-electron chi connectivity index (χ3n) is 4.08. The summed E-state index contributed by atoms with van der Waals surface area (Å²) in [5.74, 6) is 0.948. The lowest BCUT2D eigenvalue weighted by Crippen LogP contribution is -2.30. The first-order valence-electron chi connectivity index (χ1n) is 7.21. The van der Waals surface area contributed by atoms with Crippen LogP contribution >= 0.6 is 0 Å². The van der Waals surface area contributed by atoms with Gasteiger partial charge >= 0.3 is 0 Å². The second-order valence-electron chi connectivity index (χ2n) is 5.47. The van der Waals surface area contributed by atoms with E-state index in [0.717, 1.165) is 36.7 Å². The molecule has 0 spiro atoms. The molecule has 1 saturated heterocycles. The van der Waals surface area contributed by atoms with Crippen LogP contribution < -0.4 is 10.2 Å². The van der Waals surface area contributed by atoms with Gasteiger partial charge in [0.25, 0.3) is 0 Å². The Balaban J connectivity index is 1.87. The number of hydrogen-bond donors (Lipinski definition) is 1. The molecule has 0 radical (unpaired) electrons. The number of para-hydroxylation sites is 1. The van der Waals surface area contributed by atoms with Gasteiger partial charge in [0.15, 0.2) is 0 Å². The molecule has 0 atom stereocenters. The molecule has 1 aromatic rings. The van der Waals surface area contributed by atoms with Gasteiger partial charge in [-0.05, 0) is 56.8 Å². The van der Waals surface area contributed by atoms with Gasteiger partial charge in [0.2, 0.25) is 5.91 Å². The number of carbonyl (C=O) groups is 1. The van der Waals surface area contributed by atoms with Crippen LogP contribution in [-0.4, -0.2) is 26.0 Å². The zero-order valence-electron chi connectivity index (χ0n) is 12.0. The predicted octanol–water partition coefficient (Wildman–Crippen LogP) is 2.74. The normalized spacial score (nSPS) is 16.3. The van der Waals surface area contributed by atoms with Crippen molar-refractivity contribution in [1.29, 1.82) is 0 Å². The fourth-order valence-electron chi connectivity index (χ4n) is 2.74. The molecular formula is C16H24N2O. The smallest absolute Gasteiger partial charge is 0.226 e. The average Bonchev–Trinajstić information content (AvgIpc) is 2.45.